The highest BCUT2D eigenvalue weighted by Gasteiger charge is 2.56. The first-order valence-corrected chi connectivity index (χ1v) is 7.82. The van der Waals surface area contributed by atoms with E-state index in [-0.39, 0.29) is 12.3 Å². The van der Waals surface area contributed by atoms with Gasteiger partial charge in [0.05, 0.1) is 0 Å². The molecule has 2 rings (SSSR count). The summed E-state index contributed by atoms with van der Waals surface area (Å²) in [6, 6.07) is 0. The molecule has 0 amide bonds. The Balaban J connectivity index is 2.06. The number of halogens is 3. The second-order valence-corrected chi connectivity index (χ2v) is 7.78. The molecule has 2 saturated carbocycles. The van der Waals surface area contributed by atoms with Crippen molar-refractivity contribution in [2.45, 2.75) is 65.2 Å². The fourth-order valence-electron chi connectivity index (χ4n) is 4.69. The Morgan fingerprint density at radius 2 is 1.80 bits per heavy atom. The molecule has 0 spiro atoms. The van der Waals surface area contributed by atoms with Crippen molar-refractivity contribution in [3.63, 3.8) is 0 Å². The van der Waals surface area contributed by atoms with Crippen LogP contribution < -0.4 is 0 Å². The van der Waals surface area contributed by atoms with Gasteiger partial charge in [0.25, 0.3) is 0 Å². The van der Waals surface area contributed by atoms with Crippen molar-refractivity contribution >= 4 is 0 Å². The van der Waals surface area contributed by atoms with Crippen LogP contribution in [0.2, 0.25) is 0 Å². The molecular formula is C16H27F3O. The molecule has 2 fully saturated rings. The molecule has 2 aliphatic rings. The van der Waals surface area contributed by atoms with Crippen LogP contribution in [-0.4, -0.2) is 16.9 Å². The number of fused-ring (bicyclic) bond motifs is 2. The average Bonchev–Trinajstić information content (AvgIpc) is 2.76. The number of rotatable bonds is 4. The zero-order valence-corrected chi connectivity index (χ0v) is 12.9. The minimum absolute atomic E-state index is 0.0385. The second-order valence-electron chi connectivity index (χ2n) is 7.78. The van der Waals surface area contributed by atoms with Gasteiger partial charge in [0.15, 0.2) is 5.60 Å². The third-order valence-corrected chi connectivity index (χ3v) is 5.77. The van der Waals surface area contributed by atoms with E-state index in [1.54, 1.807) is 0 Å². The zero-order chi connectivity index (χ0) is 15.3. The van der Waals surface area contributed by atoms with E-state index in [2.05, 4.69) is 20.8 Å². The quantitative estimate of drug-likeness (QED) is 0.800. The summed E-state index contributed by atoms with van der Waals surface area (Å²) in [5.74, 6) is 2.75. The van der Waals surface area contributed by atoms with Gasteiger partial charge in [0.2, 0.25) is 0 Å². The van der Waals surface area contributed by atoms with E-state index in [1.165, 1.54) is 0 Å². The van der Waals surface area contributed by atoms with Gasteiger partial charge in [-0.1, -0.05) is 20.8 Å². The normalized spacial score (nSPS) is 40.4. The lowest BCUT2D eigenvalue weighted by Gasteiger charge is -2.38. The van der Waals surface area contributed by atoms with Crippen molar-refractivity contribution in [1.29, 1.82) is 0 Å². The minimum Gasteiger partial charge on any atom is -0.381 e. The molecule has 0 heterocycles. The predicted molar refractivity (Wildman–Crippen MR) is 73.1 cm³/mol. The molecule has 4 heteroatoms. The van der Waals surface area contributed by atoms with E-state index >= 15 is 0 Å². The van der Waals surface area contributed by atoms with Gasteiger partial charge in [-0.25, -0.2) is 0 Å². The Morgan fingerprint density at radius 1 is 1.20 bits per heavy atom. The largest absolute Gasteiger partial charge is 0.416 e. The smallest absolute Gasteiger partial charge is 0.381 e. The van der Waals surface area contributed by atoms with Crippen LogP contribution in [0.1, 0.15) is 53.4 Å². The van der Waals surface area contributed by atoms with Gasteiger partial charge >= 0.3 is 6.18 Å². The number of hydrogen-bond donors (Lipinski definition) is 1. The molecule has 0 aromatic heterocycles. The molecule has 20 heavy (non-hydrogen) atoms. The van der Waals surface area contributed by atoms with E-state index in [4.69, 9.17) is 0 Å². The Bertz CT molecular complexity index is 348. The molecule has 118 valence electrons. The van der Waals surface area contributed by atoms with Gasteiger partial charge < -0.3 is 5.11 Å². The van der Waals surface area contributed by atoms with Gasteiger partial charge in [0, 0.05) is 0 Å². The molecule has 0 aliphatic heterocycles. The number of alkyl halides is 3. The van der Waals surface area contributed by atoms with Crippen LogP contribution in [0.25, 0.3) is 0 Å². The maximum Gasteiger partial charge on any atom is 0.416 e. The summed E-state index contributed by atoms with van der Waals surface area (Å²) in [6.45, 7) is 7.55. The van der Waals surface area contributed by atoms with Gasteiger partial charge in [-0.2, -0.15) is 13.2 Å². The third-order valence-electron chi connectivity index (χ3n) is 5.77. The third kappa shape index (κ3) is 2.86. The van der Waals surface area contributed by atoms with Crippen LogP contribution in [0.3, 0.4) is 0 Å². The predicted octanol–water partition coefficient (Wildman–Crippen LogP) is 4.64. The van der Waals surface area contributed by atoms with Crippen molar-refractivity contribution in [2.24, 2.45) is 35.5 Å². The van der Waals surface area contributed by atoms with Crippen LogP contribution in [0.5, 0.6) is 0 Å². The van der Waals surface area contributed by atoms with Crippen LogP contribution >= 0.6 is 0 Å². The minimum atomic E-state index is -4.52. The van der Waals surface area contributed by atoms with E-state index < -0.39 is 11.8 Å². The zero-order valence-electron chi connectivity index (χ0n) is 12.9. The molecule has 6 atom stereocenters. The summed E-state index contributed by atoms with van der Waals surface area (Å²) in [5.41, 5.74) is -2.53. The monoisotopic (exact) mass is 292 g/mol. The molecule has 1 nitrogen and oxygen atoms in total. The van der Waals surface area contributed by atoms with Gasteiger partial charge in [-0.3, -0.25) is 0 Å². The molecule has 2 bridgehead atoms. The van der Waals surface area contributed by atoms with Crippen LogP contribution in [0, 0.1) is 35.5 Å². The SMILES string of the molecule is CC(C)CC1C(C)C2CC(CC(C)(O)C(F)(F)F)C1C2. The summed E-state index contributed by atoms with van der Waals surface area (Å²) in [4.78, 5) is 0. The van der Waals surface area contributed by atoms with Gasteiger partial charge in [-0.05, 0) is 68.1 Å². The topological polar surface area (TPSA) is 20.2 Å². The van der Waals surface area contributed by atoms with Gasteiger partial charge in [0.1, 0.15) is 0 Å². The Hall–Kier alpha value is -0.250. The molecule has 0 aromatic rings. The number of hydrogen-bond acceptors (Lipinski definition) is 1. The maximum absolute atomic E-state index is 12.9. The molecule has 0 aromatic carbocycles. The van der Waals surface area contributed by atoms with Gasteiger partial charge in [-0.15, -0.1) is 0 Å². The van der Waals surface area contributed by atoms with E-state index in [9.17, 15) is 18.3 Å². The van der Waals surface area contributed by atoms with E-state index in [0.717, 1.165) is 26.2 Å². The van der Waals surface area contributed by atoms with Crippen LogP contribution in [0.4, 0.5) is 13.2 Å². The fourth-order valence-corrected chi connectivity index (χ4v) is 4.69. The molecule has 2 aliphatic carbocycles. The van der Waals surface area contributed by atoms with Crippen molar-refractivity contribution in [3.8, 4) is 0 Å². The highest BCUT2D eigenvalue weighted by atomic mass is 19.4. The Kier molecular flexibility index (Phi) is 4.18. The molecular weight excluding hydrogens is 265 g/mol. The van der Waals surface area contributed by atoms with Crippen molar-refractivity contribution in [3.05, 3.63) is 0 Å². The number of aliphatic hydroxyl groups is 1. The molecule has 1 N–H and O–H groups in total. The van der Waals surface area contributed by atoms with Crippen LogP contribution in [0.15, 0.2) is 0 Å². The highest BCUT2D eigenvalue weighted by Crippen LogP contribution is 2.59. The summed E-state index contributed by atoms with van der Waals surface area (Å²) >= 11 is 0. The summed E-state index contributed by atoms with van der Waals surface area (Å²) in [5, 5.41) is 9.75. The van der Waals surface area contributed by atoms with Crippen molar-refractivity contribution in [2.75, 3.05) is 0 Å². The molecule has 6 unspecified atom stereocenters. The maximum atomic E-state index is 12.9. The molecule has 0 radical (unpaired) electrons. The van der Waals surface area contributed by atoms with E-state index in [1.807, 2.05) is 0 Å². The fraction of sp³-hybridized carbons (Fsp3) is 1.00. The van der Waals surface area contributed by atoms with Crippen molar-refractivity contribution < 1.29 is 18.3 Å². The highest BCUT2D eigenvalue weighted by molar-refractivity contribution is 5.01. The lowest BCUT2D eigenvalue weighted by Crippen LogP contribution is -2.45. The average molecular weight is 292 g/mol. The Morgan fingerprint density at radius 3 is 2.25 bits per heavy atom. The first-order valence-electron chi connectivity index (χ1n) is 7.82. The van der Waals surface area contributed by atoms with Crippen molar-refractivity contribution in [1.82, 2.24) is 0 Å². The second kappa shape index (κ2) is 5.19. The van der Waals surface area contributed by atoms with Crippen LogP contribution in [-0.2, 0) is 0 Å². The lowest BCUT2D eigenvalue weighted by atomic mass is 9.69. The summed E-state index contributed by atoms with van der Waals surface area (Å²) in [6.07, 6.45) is -1.61. The molecule has 0 saturated heterocycles. The summed E-state index contributed by atoms with van der Waals surface area (Å²) < 4.78 is 38.6. The summed E-state index contributed by atoms with van der Waals surface area (Å²) in [7, 11) is 0. The van der Waals surface area contributed by atoms with E-state index in [0.29, 0.717) is 29.6 Å². The lowest BCUT2D eigenvalue weighted by molar-refractivity contribution is -0.260. The first kappa shape index (κ1) is 16.1. The standard InChI is InChI=1S/C16H27F3O/c1-9(2)5-13-10(3)11-6-12(14(13)7-11)8-15(4,20)16(17,18)19/h9-14,20H,5-8H2,1-4H3. The first-order chi connectivity index (χ1) is 9.03. The Labute approximate surface area is 119 Å².